The number of anilines is 2. The molecule has 48 heavy (non-hydrogen) atoms. The summed E-state index contributed by atoms with van der Waals surface area (Å²) in [4.78, 5) is 51.5. The quantitative estimate of drug-likeness (QED) is 0.0940. The zero-order valence-electron chi connectivity index (χ0n) is 26.9. The highest BCUT2D eigenvalue weighted by Crippen LogP contribution is 2.29. The van der Waals surface area contributed by atoms with Crippen molar-refractivity contribution in [2.24, 2.45) is 5.73 Å². The molecule has 1 fully saturated rings. The highest BCUT2D eigenvalue weighted by atomic mass is 32.1. The number of benzene rings is 2. The van der Waals surface area contributed by atoms with Crippen LogP contribution in [0.3, 0.4) is 0 Å². The molecule has 0 aliphatic carbocycles. The fraction of sp³-hybridized carbons (Fsp3) is 0.455. The summed E-state index contributed by atoms with van der Waals surface area (Å²) in [5, 5.41) is 12.1. The first kappa shape index (κ1) is 38.6. The van der Waals surface area contributed by atoms with Crippen LogP contribution in [0, 0.1) is 0 Å². The Morgan fingerprint density at radius 3 is 2.25 bits per heavy atom. The molecule has 257 valence electrons. The first-order valence-electron chi connectivity index (χ1n) is 15.8. The number of hydrogen-bond donors (Lipinski definition) is 5. The number of para-hydroxylation sites is 1. The molecule has 4 amide bonds. The summed E-state index contributed by atoms with van der Waals surface area (Å²) >= 11 is 1.30. The molecule has 2 heterocycles. The van der Waals surface area contributed by atoms with Gasteiger partial charge >= 0.3 is 0 Å². The highest BCUT2D eigenvalue weighted by Gasteiger charge is 2.24. The van der Waals surface area contributed by atoms with E-state index in [4.69, 9.17) is 24.7 Å². The van der Waals surface area contributed by atoms with Gasteiger partial charge in [0.25, 0.3) is 11.8 Å². The van der Waals surface area contributed by atoms with Crippen LogP contribution in [0.1, 0.15) is 45.7 Å². The molecule has 3 radical (unpaired) electrons. The van der Waals surface area contributed by atoms with Crippen molar-refractivity contribution in [3.63, 3.8) is 0 Å². The molecular formula is C33H43BN5O8S. The van der Waals surface area contributed by atoms with Crippen molar-refractivity contribution in [1.82, 2.24) is 10.6 Å². The van der Waals surface area contributed by atoms with Crippen molar-refractivity contribution in [3.05, 3.63) is 59.0 Å². The van der Waals surface area contributed by atoms with Crippen LogP contribution in [0.2, 0.25) is 0 Å². The van der Waals surface area contributed by atoms with Gasteiger partial charge in [-0.15, -0.1) is 11.3 Å². The molecule has 0 spiro atoms. The molecule has 6 N–H and O–H groups in total. The molecule has 1 atom stereocenters. The molecule has 1 aliphatic rings. The number of nitrogens with two attached hydrogens (primary N) is 1. The Morgan fingerprint density at radius 1 is 0.833 bits per heavy atom. The molecule has 4 rings (SSSR count). The Morgan fingerprint density at radius 2 is 1.52 bits per heavy atom. The fourth-order valence-corrected chi connectivity index (χ4v) is 5.69. The Balaban J connectivity index is 0.00000625. The van der Waals surface area contributed by atoms with Gasteiger partial charge in [0, 0.05) is 31.9 Å². The van der Waals surface area contributed by atoms with E-state index < -0.39 is 11.9 Å². The number of rotatable bonds is 19. The molecular weight excluding hydrogens is 637 g/mol. The van der Waals surface area contributed by atoms with Crippen LogP contribution in [0.25, 0.3) is 10.1 Å². The second-order valence-corrected chi connectivity index (χ2v) is 11.8. The summed E-state index contributed by atoms with van der Waals surface area (Å²) in [6, 6.07) is 13.2. The molecule has 1 unspecified atom stereocenters. The molecule has 1 saturated heterocycles. The Labute approximate surface area is 286 Å². The van der Waals surface area contributed by atoms with Crippen LogP contribution in [0.15, 0.2) is 48.5 Å². The van der Waals surface area contributed by atoms with E-state index in [2.05, 4.69) is 21.3 Å². The standard InChI is InChI=1S/C33H43N5O8S.B/c34-11-14-44-16-18-46-20-19-45-17-15-43-13-10-30(39)36-24-8-9-28-23(21-24)22-29(47-28)33(42)37-26-6-2-1-5-25(26)31(40)38-27-7-3-4-12-35-32(27)41;/h1-2,5-6,8-9,21-22,27H,3-4,7,10-20,34H2,(H,35,41)(H,36,39)(H,37,42)(H,38,40);. The number of carbonyl (C=O) groups is 4. The van der Waals surface area contributed by atoms with Crippen LogP contribution in [0.5, 0.6) is 0 Å². The molecule has 13 nitrogen and oxygen atoms in total. The van der Waals surface area contributed by atoms with E-state index in [0.29, 0.717) is 82.0 Å². The van der Waals surface area contributed by atoms with Crippen molar-refractivity contribution >= 4 is 64.8 Å². The number of nitrogens with one attached hydrogen (secondary N) is 4. The summed E-state index contributed by atoms with van der Waals surface area (Å²) < 4.78 is 22.4. The maximum atomic E-state index is 13.2. The second-order valence-electron chi connectivity index (χ2n) is 10.7. The predicted molar refractivity (Wildman–Crippen MR) is 186 cm³/mol. The summed E-state index contributed by atoms with van der Waals surface area (Å²) in [5.74, 6) is -1.20. The van der Waals surface area contributed by atoms with Gasteiger partial charge in [0.2, 0.25) is 11.8 Å². The minimum absolute atomic E-state index is 0. The first-order chi connectivity index (χ1) is 22.9. The number of fused-ring (bicyclic) bond motifs is 1. The largest absolute Gasteiger partial charge is 0.379 e. The number of thiophene rings is 1. The van der Waals surface area contributed by atoms with Crippen LogP contribution in [-0.4, -0.2) is 104 Å². The van der Waals surface area contributed by atoms with Crippen LogP contribution < -0.4 is 27.0 Å². The van der Waals surface area contributed by atoms with E-state index in [1.165, 1.54) is 11.3 Å². The summed E-state index contributed by atoms with van der Waals surface area (Å²) in [5.41, 5.74) is 6.56. The van der Waals surface area contributed by atoms with Gasteiger partial charge in [0.05, 0.1) is 75.4 Å². The number of amides is 4. The summed E-state index contributed by atoms with van der Waals surface area (Å²) in [6.45, 7) is 4.53. The minimum atomic E-state index is -0.618. The fourth-order valence-electron chi connectivity index (χ4n) is 4.75. The predicted octanol–water partition coefficient (Wildman–Crippen LogP) is 2.53. The Bertz CT molecular complexity index is 1490. The number of ether oxygens (including phenoxy) is 4. The van der Waals surface area contributed by atoms with E-state index >= 15 is 0 Å². The lowest BCUT2D eigenvalue weighted by Gasteiger charge is -2.17. The Hall–Kier alpha value is -3.86. The van der Waals surface area contributed by atoms with Crippen molar-refractivity contribution in [2.45, 2.75) is 31.7 Å². The average molecular weight is 681 g/mol. The first-order valence-corrected chi connectivity index (χ1v) is 16.6. The van der Waals surface area contributed by atoms with E-state index in [1.807, 2.05) is 6.07 Å². The van der Waals surface area contributed by atoms with Crippen molar-refractivity contribution in [2.75, 3.05) is 76.6 Å². The van der Waals surface area contributed by atoms with Gasteiger partial charge < -0.3 is 45.9 Å². The topological polar surface area (TPSA) is 179 Å². The monoisotopic (exact) mass is 680 g/mol. The van der Waals surface area contributed by atoms with Gasteiger partial charge in [-0.2, -0.15) is 0 Å². The van der Waals surface area contributed by atoms with Crippen molar-refractivity contribution < 1.29 is 38.1 Å². The van der Waals surface area contributed by atoms with Crippen molar-refractivity contribution in [1.29, 1.82) is 0 Å². The number of hydrogen-bond acceptors (Lipinski definition) is 10. The molecule has 0 bridgehead atoms. The molecule has 3 aromatic rings. The highest BCUT2D eigenvalue weighted by molar-refractivity contribution is 7.20. The van der Waals surface area contributed by atoms with Crippen LogP contribution >= 0.6 is 11.3 Å². The maximum Gasteiger partial charge on any atom is 0.265 e. The number of carbonyl (C=O) groups excluding carboxylic acids is 4. The average Bonchev–Trinajstić information content (AvgIpc) is 3.39. The third kappa shape index (κ3) is 12.6. The molecule has 15 heteroatoms. The molecule has 0 saturated carbocycles. The van der Waals surface area contributed by atoms with Gasteiger partial charge in [0.1, 0.15) is 6.04 Å². The Kier molecular flexibility index (Phi) is 17.0. The third-order valence-corrected chi connectivity index (χ3v) is 8.25. The van der Waals surface area contributed by atoms with E-state index in [-0.39, 0.29) is 44.7 Å². The summed E-state index contributed by atoms with van der Waals surface area (Å²) in [6.07, 6.45) is 2.43. The van der Waals surface area contributed by atoms with Gasteiger partial charge in [-0.25, -0.2) is 0 Å². The lowest BCUT2D eigenvalue weighted by atomic mass is 10.1. The van der Waals surface area contributed by atoms with Crippen molar-refractivity contribution in [3.8, 4) is 0 Å². The van der Waals surface area contributed by atoms with Gasteiger partial charge in [-0.05, 0) is 61.0 Å². The summed E-state index contributed by atoms with van der Waals surface area (Å²) in [7, 11) is 0. The zero-order chi connectivity index (χ0) is 33.3. The second kappa shape index (κ2) is 21.2. The van der Waals surface area contributed by atoms with Gasteiger partial charge in [-0.1, -0.05) is 12.1 Å². The lowest BCUT2D eigenvalue weighted by molar-refractivity contribution is -0.122. The van der Waals surface area contributed by atoms with Gasteiger partial charge in [0.15, 0.2) is 0 Å². The van der Waals surface area contributed by atoms with Crippen LogP contribution in [-0.2, 0) is 28.5 Å². The van der Waals surface area contributed by atoms with E-state index in [9.17, 15) is 19.2 Å². The third-order valence-electron chi connectivity index (χ3n) is 7.14. The van der Waals surface area contributed by atoms with Crippen LogP contribution in [0.4, 0.5) is 11.4 Å². The minimum Gasteiger partial charge on any atom is -0.379 e. The zero-order valence-corrected chi connectivity index (χ0v) is 27.7. The maximum absolute atomic E-state index is 13.2. The van der Waals surface area contributed by atoms with Gasteiger partial charge in [-0.3, -0.25) is 19.2 Å². The molecule has 1 aromatic heterocycles. The lowest BCUT2D eigenvalue weighted by Crippen LogP contribution is -2.45. The normalized spacial score (nSPS) is 14.4. The molecule has 1 aliphatic heterocycles. The molecule has 2 aromatic carbocycles. The van der Waals surface area contributed by atoms with E-state index in [0.717, 1.165) is 22.9 Å². The van der Waals surface area contributed by atoms with E-state index in [1.54, 1.807) is 42.5 Å². The SMILES string of the molecule is NCCOCCOCCOCCOCCC(=O)Nc1ccc2sc(C(=O)Nc3ccccc3C(=O)NC3CCCCNC3=O)cc2c1.[B]. The smallest absolute Gasteiger partial charge is 0.265 e.